The summed E-state index contributed by atoms with van der Waals surface area (Å²) in [6.07, 6.45) is 3.86. The van der Waals surface area contributed by atoms with Crippen LogP contribution in [0.4, 0.5) is 0 Å². The first-order valence-corrected chi connectivity index (χ1v) is 6.91. The van der Waals surface area contributed by atoms with Crippen molar-refractivity contribution < 1.29 is 9.90 Å². The van der Waals surface area contributed by atoms with Gasteiger partial charge in [-0.05, 0) is 37.5 Å². The smallest absolute Gasteiger partial charge is 0.303 e. The van der Waals surface area contributed by atoms with Gasteiger partial charge in [0.2, 0.25) is 0 Å². The van der Waals surface area contributed by atoms with Gasteiger partial charge in [0.25, 0.3) is 0 Å². The molecule has 100 valence electrons. The lowest BCUT2D eigenvalue weighted by molar-refractivity contribution is -0.137. The normalized spacial score (nSPS) is 15.0. The van der Waals surface area contributed by atoms with E-state index < -0.39 is 5.97 Å². The van der Waals surface area contributed by atoms with Crippen LogP contribution in [0.25, 0.3) is 11.0 Å². The lowest BCUT2D eigenvalue weighted by Gasteiger charge is -2.07. The SMILES string of the molecule is O=C(O)CCCc1nc2ccc(Cl)cc2n1C1CC1. The van der Waals surface area contributed by atoms with Crippen molar-refractivity contribution in [3.63, 3.8) is 0 Å². The van der Waals surface area contributed by atoms with Crippen LogP contribution in [-0.2, 0) is 11.2 Å². The molecular formula is C14H15ClN2O2. The second-order valence-corrected chi connectivity index (χ2v) is 5.45. The second kappa shape index (κ2) is 4.85. The second-order valence-electron chi connectivity index (χ2n) is 5.01. The van der Waals surface area contributed by atoms with Gasteiger partial charge in [0.1, 0.15) is 5.82 Å². The zero-order chi connectivity index (χ0) is 13.4. The van der Waals surface area contributed by atoms with E-state index in [0.717, 1.165) is 16.9 Å². The van der Waals surface area contributed by atoms with E-state index in [0.29, 0.717) is 23.9 Å². The number of fused-ring (bicyclic) bond motifs is 1. The Hall–Kier alpha value is -1.55. The standard InChI is InChI=1S/C14H15ClN2O2/c15-9-4-7-11-12(8-9)17(10-5-6-10)13(16-11)2-1-3-14(18)19/h4,7-8,10H,1-3,5-6H2,(H,18,19). The zero-order valence-corrected chi connectivity index (χ0v) is 11.2. The number of hydrogen-bond acceptors (Lipinski definition) is 2. The van der Waals surface area contributed by atoms with Crippen molar-refractivity contribution in [3.05, 3.63) is 29.0 Å². The van der Waals surface area contributed by atoms with Gasteiger partial charge in [-0.15, -0.1) is 0 Å². The number of halogens is 1. The van der Waals surface area contributed by atoms with Gasteiger partial charge in [-0.2, -0.15) is 0 Å². The summed E-state index contributed by atoms with van der Waals surface area (Å²) in [5.41, 5.74) is 2.02. The minimum Gasteiger partial charge on any atom is -0.481 e. The number of aryl methyl sites for hydroxylation is 1. The Morgan fingerprint density at radius 2 is 2.26 bits per heavy atom. The Labute approximate surface area is 116 Å². The molecule has 1 fully saturated rings. The maximum atomic E-state index is 10.6. The summed E-state index contributed by atoms with van der Waals surface area (Å²) < 4.78 is 2.24. The molecule has 0 atom stereocenters. The molecule has 1 heterocycles. The van der Waals surface area contributed by atoms with Crippen molar-refractivity contribution in [1.82, 2.24) is 9.55 Å². The Balaban J connectivity index is 1.93. The number of carboxylic acid groups (broad SMARTS) is 1. The Morgan fingerprint density at radius 3 is 2.95 bits per heavy atom. The molecule has 0 amide bonds. The van der Waals surface area contributed by atoms with Gasteiger partial charge in [0.15, 0.2) is 0 Å². The minimum atomic E-state index is -0.753. The molecule has 0 radical (unpaired) electrons. The number of benzene rings is 1. The molecule has 2 aromatic rings. The Bertz CT molecular complexity index is 632. The number of aromatic nitrogens is 2. The third-order valence-corrected chi connectivity index (χ3v) is 3.66. The van der Waals surface area contributed by atoms with E-state index in [9.17, 15) is 4.79 Å². The molecule has 1 N–H and O–H groups in total. The maximum Gasteiger partial charge on any atom is 0.303 e. The van der Waals surface area contributed by atoms with Crippen molar-refractivity contribution in [2.24, 2.45) is 0 Å². The van der Waals surface area contributed by atoms with E-state index in [1.807, 2.05) is 18.2 Å². The zero-order valence-electron chi connectivity index (χ0n) is 10.5. The van der Waals surface area contributed by atoms with Gasteiger partial charge < -0.3 is 9.67 Å². The van der Waals surface area contributed by atoms with Crippen molar-refractivity contribution in [2.75, 3.05) is 0 Å². The molecule has 1 aromatic carbocycles. The summed E-state index contributed by atoms with van der Waals surface area (Å²) in [6.45, 7) is 0. The fraction of sp³-hybridized carbons (Fsp3) is 0.429. The van der Waals surface area contributed by atoms with Gasteiger partial charge >= 0.3 is 5.97 Å². The topological polar surface area (TPSA) is 55.1 Å². The maximum absolute atomic E-state index is 10.6. The summed E-state index contributed by atoms with van der Waals surface area (Å²) in [5.74, 6) is 0.234. The predicted molar refractivity (Wildman–Crippen MR) is 73.6 cm³/mol. The highest BCUT2D eigenvalue weighted by atomic mass is 35.5. The number of carboxylic acids is 1. The number of nitrogens with zero attached hydrogens (tertiary/aromatic N) is 2. The summed E-state index contributed by atoms with van der Waals surface area (Å²) in [5, 5.41) is 9.43. The van der Waals surface area contributed by atoms with Crippen LogP contribution in [0.15, 0.2) is 18.2 Å². The van der Waals surface area contributed by atoms with Crippen molar-refractivity contribution in [3.8, 4) is 0 Å². The molecule has 0 bridgehead atoms. The fourth-order valence-electron chi connectivity index (χ4n) is 2.43. The van der Waals surface area contributed by atoms with Crippen LogP contribution in [-0.4, -0.2) is 20.6 Å². The van der Waals surface area contributed by atoms with E-state index in [-0.39, 0.29) is 6.42 Å². The molecule has 1 aromatic heterocycles. The molecule has 19 heavy (non-hydrogen) atoms. The van der Waals surface area contributed by atoms with Gasteiger partial charge in [-0.3, -0.25) is 4.79 Å². The van der Waals surface area contributed by atoms with Gasteiger partial charge in [-0.1, -0.05) is 11.6 Å². The molecule has 0 saturated heterocycles. The molecule has 1 aliphatic rings. The molecular weight excluding hydrogens is 264 g/mol. The number of aliphatic carboxylic acids is 1. The first-order chi connectivity index (χ1) is 9.15. The fourth-order valence-corrected chi connectivity index (χ4v) is 2.60. The summed E-state index contributed by atoms with van der Waals surface area (Å²) >= 11 is 6.05. The Morgan fingerprint density at radius 1 is 1.47 bits per heavy atom. The first-order valence-electron chi connectivity index (χ1n) is 6.53. The third kappa shape index (κ3) is 2.59. The predicted octanol–water partition coefficient (Wildman–Crippen LogP) is 3.43. The van der Waals surface area contributed by atoms with Gasteiger partial charge in [0, 0.05) is 23.9 Å². The van der Waals surface area contributed by atoms with Crippen LogP contribution < -0.4 is 0 Å². The number of imidazole rings is 1. The molecule has 0 spiro atoms. The number of hydrogen-bond donors (Lipinski definition) is 1. The molecule has 1 saturated carbocycles. The largest absolute Gasteiger partial charge is 0.481 e. The van der Waals surface area contributed by atoms with Gasteiger partial charge in [0.05, 0.1) is 11.0 Å². The summed E-state index contributed by atoms with van der Waals surface area (Å²) in [7, 11) is 0. The summed E-state index contributed by atoms with van der Waals surface area (Å²) in [6, 6.07) is 6.23. The van der Waals surface area contributed by atoms with E-state index in [1.54, 1.807) is 0 Å². The number of rotatable bonds is 5. The van der Waals surface area contributed by atoms with Crippen LogP contribution in [0.1, 0.15) is 37.5 Å². The molecule has 4 nitrogen and oxygen atoms in total. The molecule has 1 aliphatic carbocycles. The average Bonchev–Trinajstić information content (AvgIpc) is 3.11. The van der Waals surface area contributed by atoms with Crippen LogP contribution in [0.5, 0.6) is 0 Å². The van der Waals surface area contributed by atoms with Crippen molar-refractivity contribution in [2.45, 2.75) is 38.1 Å². The average molecular weight is 279 g/mol. The quantitative estimate of drug-likeness (QED) is 0.911. The van der Waals surface area contributed by atoms with E-state index >= 15 is 0 Å². The Kier molecular flexibility index (Phi) is 3.19. The van der Waals surface area contributed by atoms with E-state index in [2.05, 4.69) is 9.55 Å². The first kappa shape index (κ1) is 12.5. The van der Waals surface area contributed by atoms with Crippen molar-refractivity contribution in [1.29, 1.82) is 0 Å². The van der Waals surface area contributed by atoms with Crippen molar-refractivity contribution >= 4 is 28.6 Å². The molecule has 0 aliphatic heterocycles. The molecule has 0 unspecified atom stereocenters. The lowest BCUT2D eigenvalue weighted by Crippen LogP contribution is -2.03. The van der Waals surface area contributed by atoms with Gasteiger partial charge in [-0.25, -0.2) is 4.98 Å². The highest BCUT2D eigenvalue weighted by molar-refractivity contribution is 6.31. The van der Waals surface area contributed by atoms with Crippen LogP contribution in [0, 0.1) is 0 Å². The minimum absolute atomic E-state index is 0.189. The summed E-state index contributed by atoms with van der Waals surface area (Å²) in [4.78, 5) is 15.2. The highest BCUT2D eigenvalue weighted by Crippen LogP contribution is 2.39. The third-order valence-electron chi connectivity index (χ3n) is 3.43. The monoisotopic (exact) mass is 278 g/mol. The number of carbonyl (C=O) groups is 1. The highest BCUT2D eigenvalue weighted by Gasteiger charge is 2.28. The van der Waals surface area contributed by atoms with E-state index in [4.69, 9.17) is 16.7 Å². The van der Waals surface area contributed by atoms with Crippen LogP contribution >= 0.6 is 11.6 Å². The van der Waals surface area contributed by atoms with Crippen LogP contribution in [0.3, 0.4) is 0 Å². The van der Waals surface area contributed by atoms with Crippen LogP contribution in [0.2, 0.25) is 5.02 Å². The molecule has 5 heteroatoms. The molecule has 3 rings (SSSR count). The van der Waals surface area contributed by atoms with E-state index in [1.165, 1.54) is 12.8 Å². The lowest BCUT2D eigenvalue weighted by atomic mass is 10.2.